The van der Waals surface area contributed by atoms with Crippen LogP contribution in [0.15, 0.2) is 18.2 Å². The Morgan fingerprint density at radius 1 is 1.44 bits per heavy atom. The van der Waals surface area contributed by atoms with Crippen molar-refractivity contribution in [2.45, 2.75) is 25.6 Å². The van der Waals surface area contributed by atoms with Crippen LogP contribution in [-0.4, -0.2) is 17.1 Å². The summed E-state index contributed by atoms with van der Waals surface area (Å²) in [4.78, 5) is 0. The molecule has 0 aliphatic heterocycles. The SMILES string of the molecule is CCCS(=O)Cc1ccc(CN)c(OC)c1. The standard InChI is InChI=1S/C12H19NO2S/c1-3-6-16(14)9-10-4-5-11(8-13)12(7-10)15-2/h4-5,7H,3,6,8-9,13H2,1-2H3. The Kier molecular flexibility index (Phi) is 5.49. The summed E-state index contributed by atoms with van der Waals surface area (Å²) in [6.07, 6.45) is 0.949. The molecule has 3 nitrogen and oxygen atoms in total. The number of rotatable bonds is 6. The Labute approximate surface area is 99.4 Å². The molecule has 0 radical (unpaired) electrons. The molecule has 0 bridgehead atoms. The van der Waals surface area contributed by atoms with Gasteiger partial charge in [0.15, 0.2) is 0 Å². The van der Waals surface area contributed by atoms with Gasteiger partial charge in [-0.2, -0.15) is 0 Å². The van der Waals surface area contributed by atoms with Crippen LogP contribution in [0.1, 0.15) is 24.5 Å². The van der Waals surface area contributed by atoms with Crippen LogP contribution < -0.4 is 10.5 Å². The molecule has 0 aliphatic rings. The molecule has 0 aliphatic carbocycles. The van der Waals surface area contributed by atoms with Gasteiger partial charge in [-0.15, -0.1) is 0 Å². The highest BCUT2D eigenvalue weighted by Gasteiger charge is 2.05. The Hall–Kier alpha value is -0.870. The molecule has 4 heteroatoms. The molecule has 0 heterocycles. The summed E-state index contributed by atoms with van der Waals surface area (Å²) in [6, 6.07) is 5.84. The number of hydrogen-bond acceptors (Lipinski definition) is 3. The van der Waals surface area contributed by atoms with Crippen LogP contribution >= 0.6 is 0 Å². The molecule has 16 heavy (non-hydrogen) atoms. The first-order chi connectivity index (χ1) is 7.71. The van der Waals surface area contributed by atoms with Crippen LogP contribution in [-0.2, 0) is 23.1 Å². The Morgan fingerprint density at radius 3 is 2.75 bits per heavy atom. The third-order valence-electron chi connectivity index (χ3n) is 2.33. The van der Waals surface area contributed by atoms with E-state index in [-0.39, 0.29) is 0 Å². The molecule has 0 saturated heterocycles. The van der Waals surface area contributed by atoms with Gasteiger partial charge in [0, 0.05) is 34.4 Å². The average Bonchev–Trinajstić information content (AvgIpc) is 2.29. The molecule has 1 aromatic rings. The van der Waals surface area contributed by atoms with Crippen molar-refractivity contribution < 1.29 is 8.95 Å². The molecule has 1 rings (SSSR count). The molecule has 2 N–H and O–H groups in total. The number of nitrogens with two attached hydrogens (primary N) is 1. The van der Waals surface area contributed by atoms with Gasteiger partial charge in [-0.05, 0) is 18.1 Å². The first-order valence-electron chi connectivity index (χ1n) is 5.42. The minimum Gasteiger partial charge on any atom is -0.496 e. The maximum absolute atomic E-state index is 11.6. The molecule has 1 unspecified atom stereocenters. The second kappa shape index (κ2) is 6.66. The van der Waals surface area contributed by atoms with E-state index in [9.17, 15) is 4.21 Å². The van der Waals surface area contributed by atoms with Crippen molar-refractivity contribution >= 4 is 10.8 Å². The van der Waals surface area contributed by atoms with E-state index in [2.05, 4.69) is 0 Å². The van der Waals surface area contributed by atoms with Crippen LogP contribution in [0.5, 0.6) is 5.75 Å². The minimum absolute atomic E-state index is 0.460. The fourth-order valence-corrected chi connectivity index (χ4v) is 2.68. The van der Waals surface area contributed by atoms with Gasteiger partial charge in [0.1, 0.15) is 5.75 Å². The predicted molar refractivity (Wildman–Crippen MR) is 67.9 cm³/mol. The van der Waals surface area contributed by atoms with Crippen LogP contribution in [0.25, 0.3) is 0 Å². The smallest absolute Gasteiger partial charge is 0.123 e. The maximum Gasteiger partial charge on any atom is 0.123 e. The maximum atomic E-state index is 11.6. The van der Waals surface area contributed by atoms with Gasteiger partial charge in [-0.3, -0.25) is 4.21 Å². The second-order valence-corrected chi connectivity index (χ2v) is 5.22. The topological polar surface area (TPSA) is 52.3 Å². The largest absolute Gasteiger partial charge is 0.496 e. The second-order valence-electron chi connectivity index (χ2n) is 3.64. The number of methoxy groups -OCH3 is 1. The summed E-state index contributed by atoms with van der Waals surface area (Å²) in [5.41, 5.74) is 7.61. The predicted octanol–water partition coefficient (Wildman–Crippen LogP) is 1.81. The molecule has 1 aromatic carbocycles. The van der Waals surface area contributed by atoms with Gasteiger partial charge in [0.25, 0.3) is 0 Å². The lowest BCUT2D eigenvalue weighted by molar-refractivity contribution is 0.409. The quantitative estimate of drug-likeness (QED) is 0.826. The normalized spacial score (nSPS) is 12.4. The van der Waals surface area contributed by atoms with Crippen LogP contribution in [0.3, 0.4) is 0 Å². The summed E-state index contributed by atoms with van der Waals surface area (Å²) in [5.74, 6) is 2.13. The van der Waals surface area contributed by atoms with E-state index in [1.54, 1.807) is 7.11 Å². The monoisotopic (exact) mass is 241 g/mol. The summed E-state index contributed by atoms with van der Waals surface area (Å²) in [7, 11) is 0.850. The summed E-state index contributed by atoms with van der Waals surface area (Å²) >= 11 is 0. The van der Waals surface area contributed by atoms with Gasteiger partial charge in [-0.25, -0.2) is 0 Å². The van der Waals surface area contributed by atoms with E-state index in [1.807, 2.05) is 25.1 Å². The van der Waals surface area contributed by atoms with Crippen molar-refractivity contribution in [3.63, 3.8) is 0 Å². The van der Waals surface area contributed by atoms with E-state index in [0.717, 1.165) is 29.1 Å². The zero-order chi connectivity index (χ0) is 12.0. The van der Waals surface area contributed by atoms with Crippen molar-refractivity contribution in [1.82, 2.24) is 0 Å². The van der Waals surface area contributed by atoms with E-state index in [0.29, 0.717) is 12.3 Å². The number of ether oxygens (including phenoxy) is 1. The first-order valence-corrected chi connectivity index (χ1v) is 6.90. The fraction of sp³-hybridized carbons (Fsp3) is 0.500. The summed E-state index contributed by atoms with van der Waals surface area (Å²) < 4.78 is 16.9. The molecule has 90 valence electrons. The van der Waals surface area contributed by atoms with Gasteiger partial charge in [0.05, 0.1) is 7.11 Å². The highest BCUT2D eigenvalue weighted by molar-refractivity contribution is 7.84. The van der Waals surface area contributed by atoms with Crippen molar-refractivity contribution in [2.75, 3.05) is 12.9 Å². The lowest BCUT2D eigenvalue weighted by Gasteiger charge is -2.09. The summed E-state index contributed by atoms with van der Waals surface area (Å²) in [6.45, 7) is 2.50. The molecule has 0 spiro atoms. The van der Waals surface area contributed by atoms with Crippen LogP contribution in [0.4, 0.5) is 0 Å². The van der Waals surface area contributed by atoms with Crippen molar-refractivity contribution in [1.29, 1.82) is 0 Å². The molecular formula is C12H19NO2S. The zero-order valence-corrected chi connectivity index (χ0v) is 10.7. The van der Waals surface area contributed by atoms with Crippen molar-refractivity contribution in [2.24, 2.45) is 5.73 Å². The Morgan fingerprint density at radius 2 is 2.19 bits per heavy atom. The molecule has 0 amide bonds. The van der Waals surface area contributed by atoms with E-state index in [4.69, 9.17) is 10.5 Å². The average molecular weight is 241 g/mol. The summed E-state index contributed by atoms with van der Waals surface area (Å²) in [5, 5.41) is 0. The third-order valence-corrected chi connectivity index (χ3v) is 3.85. The van der Waals surface area contributed by atoms with E-state index in [1.165, 1.54) is 0 Å². The third kappa shape index (κ3) is 3.61. The van der Waals surface area contributed by atoms with Crippen LogP contribution in [0.2, 0.25) is 0 Å². The fourth-order valence-electron chi connectivity index (χ4n) is 1.53. The molecule has 0 saturated carbocycles. The number of hydrogen-bond donors (Lipinski definition) is 1. The Bertz CT molecular complexity index is 366. The molecular weight excluding hydrogens is 222 g/mol. The lowest BCUT2D eigenvalue weighted by Crippen LogP contribution is -2.03. The van der Waals surface area contributed by atoms with Gasteiger partial charge >= 0.3 is 0 Å². The minimum atomic E-state index is -0.777. The first kappa shape index (κ1) is 13.2. The van der Waals surface area contributed by atoms with Crippen LogP contribution in [0, 0.1) is 0 Å². The highest BCUT2D eigenvalue weighted by atomic mass is 32.2. The lowest BCUT2D eigenvalue weighted by atomic mass is 10.1. The van der Waals surface area contributed by atoms with Crippen molar-refractivity contribution in [3.8, 4) is 5.75 Å². The molecule has 1 atom stereocenters. The van der Waals surface area contributed by atoms with E-state index < -0.39 is 10.8 Å². The van der Waals surface area contributed by atoms with E-state index >= 15 is 0 Å². The zero-order valence-electron chi connectivity index (χ0n) is 9.86. The van der Waals surface area contributed by atoms with Gasteiger partial charge in [-0.1, -0.05) is 19.1 Å². The van der Waals surface area contributed by atoms with Gasteiger partial charge < -0.3 is 10.5 Å². The number of benzene rings is 1. The van der Waals surface area contributed by atoms with Gasteiger partial charge in [0.2, 0.25) is 0 Å². The highest BCUT2D eigenvalue weighted by Crippen LogP contribution is 2.20. The molecule has 0 aromatic heterocycles. The molecule has 0 fully saturated rings. The van der Waals surface area contributed by atoms with Crippen molar-refractivity contribution in [3.05, 3.63) is 29.3 Å². The Balaban J connectivity index is 2.78.